The molecule has 0 saturated carbocycles. The smallest absolute Gasteiger partial charge is 0.246 e. The maximum absolute atomic E-state index is 13.9. The summed E-state index contributed by atoms with van der Waals surface area (Å²) in [6.07, 6.45) is 0. The highest BCUT2D eigenvalue weighted by molar-refractivity contribution is 7.89. The van der Waals surface area contributed by atoms with E-state index in [1.807, 2.05) is 11.0 Å². The molecule has 0 spiro atoms. The monoisotopic (exact) mass is 454 g/mol. The Morgan fingerprint density at radius 1 is 1.07 bits per heavy atom. The van der Waals surface area contributed by atoms with Gasteiger partial charge in [-0.05, 0) is 30.3 Å². The van der Waals surface area contributed by atoms with E-state index in [4.69, 9.17) is 16.1 Å². The van der Waals surface area contributed by atoms with Crippen molar-refractivity contribution in [3.8, 4) is 11.4 Å². The summed E-state index contributed by atoms with van der Waals surface area (Å²) in [4.78, 5) is 5.63. The number of nitrogens with zero attached hydrogens (tertiary/aromatic N) is 4. The number of hydrogen-bond acceptors (Lipinski definition) is 6. The molecule has 0 atom stereocenters. The summed E-state index contributed by atoms with van der Waals surface area (Å²) in [5.74, 6) is -1.04. The van der Waals surface area contributed by atoms with Crippen LogP contribution < -0.4 is 0 Å². The van der Waals surface area contributed by atoms with Crippen molar-refractivity contribution < 1.29 is 21.7 Å². The van der Waals surface area contributed by atoms with Crippen LogP contribution in [0.25, 0.3) is 11.4 Å². The van der Waals surface area contributed by atoms with E-state index in [0.29, 0.717) is 48.0 Å². The average Bonchev–Trinajstić information content (AvgIpc) is 3.18. The maximum Gasteiger partial charge on any atom is 0.246 e. The number of hydrogen-bond donors (Lipinski definition) is 0. The molecule has 0 bridgehead atoms. The van der Waals surface area contributed by atoms with E-state index in [0.717, 1.165) is 16.4 Å². The molecule has 1 aliphatic heterocycles. The van der Waals surface area contributed by atoms with Gasteiger partial charge in [-0.25, -0.2) is 17.2 Å². The van der Waals surface area contributed by atoms with Gasteiger partial charge >= 0.3 is 0 Å². The van der Waals surface area contributed by atoms with Crippen molar-refractivity contribution in [1.29, 1.82) is 0 Å². The second-order valence-corrected chi connectivity index (χ2v) is 9.06. The van der Waals surface area contributed by atoms with Gasteiger partial charge in [0.25, 0.3) is 0 Å². The van der Waals surface area contributed by atoms with E-state index >= 15 is 0 Å². The third kappa shape index (κ3) is 4.22. The fourth-order valence-electron chi connectivity index (χ4n) is 3.20. The Kier molecular flexibility index (Phi) is 5.83. The van der Waals surface area contributed by atoms with Crippen LogP contribution in [0, 0.1) is 11.6 Å². The second kappa shape index (κ2) is 8.38. The first kappa shape index (κ1) is 20.9. The molecule has 2 aromatic carbocycles. The van der Waals surface area contributed by atoms with Crippen molar-refractivity contribution in [3.63, 3.8) is 0 Å². The molecule has 1 aromatic heterocycles. The van der Waals surface area contributed by atoms with Crippen LogP contribution >= 0.6 is 11.6 Å². The van der Waals surface area contributed by atoms with Crippen molar-refractivity contribution in [3.05, 3.63) is 65.0 Å². The molecule has 1 saturated heterocycles. The maximum atomic E-state index is 13.9. The molecule has 7 nitrogen and oxygen atoms in total. The molecule has 0 radical (unpaired) electrons. The molecule has 3 aromatic rings. The molecule has 30 heavy (non-hydrogen) atoms. The number of piperazine rings is 1. The zero-order chi connectivity index (χ0) is 21.3. The van der Waals surface area contributed by atoms with Crippen LogP contribution in [-0.4, -0.2) is 53.9 Å². The van der Waals surface area contributed by atoms with Gasteiger partial charge in [0.15, 0.2) is 0 Å². The third-order valence-electron chi connectivity index (χ3n) is 4.78. The van der Waals surface area contributed by atoms with E-state index in [1.54, 1.807) is 18.2 Å². The first-order valence-corrected chi connectivity index (χ1v) is 10.9. The Hall–Kier alpha value is -2.40. The Labute approximate surface area is 176 Å². The molecular formula is C19H17ClF2N4O3S. The van der Waals surface area contributed by atoms with Gasteiger partial charge in [-0.2, -0.15) is 9.29 Å². The fraction of sp³-hybridized carbons (Fsp3) is 0.263. The average molecular weight is 455 g/mol. The van der Waals surface area contributed by atoms with E-state index in [9.17, 15) is 17.2 Å². The summed E-state index contributed by atoms with van der Waals surface area (Å²) in [6.45, 7) is 1.34. The van der Waals surface area contributed by atoms with Gasteiger partial charge < -0.3 is 4.52 Å². The van der Waals surface area contributed by atoms with Crippen molar-refractivity contribution in [1.82, 2.24) is 19.3 Å². The third-order valence-corrected chi connectivity index (χ3v) is 7.03. The molecule has 4 rings (SSSR count). The number of benzene rings is 2. The van der Waals surface area contributed by atoms with Crippen LogP contribution in [0.1, 0.15) is 5.89 Å². The van der Waals surface area contributed by atoms with Gasteiger partial charge in [-0.15, -0.1) is 0 Å². The van der Waals surface area contributed by atoms with E-state index in [-0.39, 0.29) is 13.1 Å². The molecule has 0 unspecified atom stereocenters. The zero-order valence-electron chi connectivity index (χ0n) is 15.6. The lowest BCUT2D eigenvalue weighted by Gasteiger charge is -2.33. The first-order valence-electron chi connectivity index (χ1n) is 9.09. The van der Waals surface area contributed by atoms with E-state index < -0.39 is 26.6 Å². The summed E-state index contributed by atoms with van der Waals surface area (Å²) < 4.78 is 59.1. The molecule has 0 N–H and O–H groups in total. The summed E-state index contributed by atoms with van der Waals surface area (Å²) in [7, 11) is -4.12. The van der Waals surface area contributed by atoms with Crippen LogP contribution in [-0.2, 0) is 16.6 Å². The quantitative estimate of drug-likeness (QED) is 0.589. The largest absolute Gasteiger partial charge is 0.338 e. The molecule has 1 fully saturated rings. The van der Waals surface area contributed by atoms with Gasteiger partial charge in [0, 0.05) is 31.7 Å². The van der Waals surface area contributed by atoms with Gasteiger partial charge in [0.1, 0.15) is 16.5 Å². The number of rotatable bonds is 5. The lowest BCUT2D eigenvalue weighted by Crippen LogP contribution is -2.48. The summed E-state index contributed by atoms with van der Waals surface area (Å²) in [5.41, 5.74) is 0.655. The van der Waals surface area contributed by atoms with E-state index in [2.05, 4.69) is 10.1 Å². The highest BCUT2D eigenvalue weighted by Crippen LogP contribution is 2.26. The van der Waals surface area contributed by atoms with Crippen molar-refractivity contribution in [2.45, 2.75) is 11.4 Å². The van der Waals surface area contributed by atoms with Gasteiger partial charge in [0.2, 0.25) is 21.7 Å². The van der Waals surface area contributed by atoms with Gasteiger partial charge in [-0.1, -0.05) is 28.9 Å². The first-order chi connectivity index (χ1) is 14.3. The Balaban J connectivity index is 1.41. The molecule has 2 heterocycles. The van der Waals surface area contributed by atoms with E-state index in [1.165, 1.54) is 0 Å². The van der Waals surface area contributed by atoms with Crippen LogP contribution in [0.2, 0.25) is 5.02 Å². The van der Waals surface area contributed by atoms with Crippen molar-refractivity contribution in [2.75, 3.05) is 26.2 Å². The Bertz CT molecular complexity index is 1160. The van der Waals surface area contributed by atoms with Crippen LogP contribution in [0.4, 0.5) is 8.78 Å². The summed E-state index contributed by atoms with van der Waals surface area (Å²) in [6, 6.07) is 9.53. The normalized spacial score (nSPS) is 16.1. The van der Waals surface area contributed by atoms with Crippen LogP contribution in [0.15, 0.2) is 51.9 Å². The molecular weight excluding hydrogens is 438 g/mol. The minimum absolute atomic E-state index is 0.129. The predicted molar refractivity (Wildman–Crippen MR) is 105 cm³/mol. The number of aromatic nitrogens is 2. The second-order valence-electron chi connectivity index (χ2n) is 6.75. The summed E-state index contributed by atoms with van der Waals surface area (Å²) in [5, 5.41) is 4.45. The number of halogens is 3. The molecule has 0 aliphatic carbocycles. The zero-order valence-corrected chi connectivity index (χ0v) is 17.2. The number of sulfonamides is 1. The molecule has 0 amide bonds. The highest BCUT2D eigenvalue weighted by Gasteiger charge is 2.31. The van der Waals surface area contributed by atoms with Gasteiger partial charge in [-0.3, -0.25) is 4.90 Å². The topological polar surface area (TPSA) is 79.5 Å². The van der Waals surface area contributed by atoms with Crippen molar-refractivity contribution in [2.24, 2.45) is 0 Å². The lowest BCUT2D eigenvalue weighted by atomic mass is 10.2. The van der Waals surface area contributed by atoms with Gasteiger partial charge in [0.05, 0.1) is 11.6 Å². The molecule has 1 aliphatic rings. The molecule has 158 valence electrons. The summed E-state index contributed by atoms with van der Waals surface area (Å²) >= 11 is 6.15. The SMILES string of the molecule is O=S(=O)(c1cc(F)ccc1F)N1CCN(Cc2nc(-c3ccccc3Cl)no2)CC1. The minimum atomic E-state index is -4.12. The standard InChI is InChI=1S/C19H17ClF2N4O3S/c20-15-4-2-1-3-14(15)19-23-18(29-24-19)12-25-7-9-26(10-8-25)30(27,28)17-11-13(21)5-6-16(17)22/h1-6,11H,7-10,12H2. The molecule has 11 heteroatoms. The van der Waals surface area contributed by atoms with Crippen LogP contribution in [0.3, 0.4) is 0 Å². The highest BCUT2D eigenvalue weighted by atomic mass is 35.5. The minimum Gasteiger partial charge on any atom is -0.338 e. The van der Waals surface area contributed by atoms with Crippen LogP contribution in [0.5, 0.6) is 0 Å². The Morgan fingerprint density at radius 2 is 1.80 bits per heavy atom. The lowest BCUT2D eigenvalue weighted by molar-refractivity contribution is 0.163. The fourth-order valence-corrected chi connectivity index (χ4v) is 4.92. The predicted octanol–water partition coefficient (Wildman–Crippen LogP) is 3.17. The Morgan fingerprint density at radius 3 is 2.53 bits per heavy atom. The van der Waals surface area contributed by atoms with Crippen molar-refractivity contribution >= 4 is 21.6 Å².